The molecule has 4 aliphatic rings. The van der Waals surface area contributed by atoms with E-state index in [2.05, 4.69) is 72.7 Å². The molecule has 0 bridgehead atoms. The van der Waals surface area contributed by atoms with Gasteiger partial charge in [-0.1, -0.05) is 78.5 Å². The topological polar surface area (TPSA) is 52.6 Å². The van der Waals surface area contributed by atoms with Gasteiger partial charge in [0.05, 0.1) is 5.25 Å². The summed E-state index contributed by atoms with van der Waals surface area (Å²) in [4.78, 5) is 27.0. The van der Waals surface area contributed by atoms with E-state index < -0.39 is 5.60 Å². The van der Waals surface area contributed by atoms with Crippen molar-refractivity contribution in [3.05, 3.63) is 29.8 Å². The van der Waals surface area contributed by atoms with Crippen LogP contribution in [0, 0.1) is 53.3 Å². The lowest BCUT2D eigenvalue weighted by molar-refractivity contribution is -0.237. The summed E-state index contributed by atoms with van der Waals surface area (Å²) >= 11 is 1.93. The van der Waals surface area contributed by atoms with Crippen molar-refractivity contribution in [2.45, 2.75) is 161 Å². The highest BCUT2D eigenvalue weighted by Crippen LogP contribution is 2.71. The van der Waals surface area contributed by atoms with E-state index in [1.165, 1.54) is 62.3 Å². The van der Waals surface area contributed by atoms with E-state index in [1.807, 2.05) is 11.8 Å². The highest BCUT2D eigenvalue weighted by molar-refractivity contribution is 8.00. The number of ether oxygens (including phenoxy) is 2. The molecule has 1 aromatic rings. The van der Waals surface area contributed by atoms with Crippen LogP contribution in [0.4, 0.5) is 0 Å². The van der Waals surface area contributed by atoms with Crippen LogP contribution in [0.5, 0.6) is 0 Å². The summed E-state index contributed by atoms with van der Waals surface area (Å²) in [6.07, 6.45) is 13.7. The van der Waals surface area contributed by atoms with Crippen LogP contribution >= 0.6 is 11.8 Å². The van der Waals surface area contributed by atoms with Crippen LogP contribution < -0.4 is 0 Å². The molecule has 0 unspecified atom stereocenters. The molecule has 0 spiro atoms. The normalized spacial score (nSPS) is 38.2. The predicted molar refractivity (Wildman–Crippen MR) is 185 cm³/mol. The first-order valence-corrected chi connectivity index (χ1v) is 19.3. The average molecular weight is 641 g/mol. The quantitative estimate of drug-likeness (QED) is 0.178. The van der Waals surface area contributed by atoms with Gasteiger partial charge in [-0.3, -0.25) is 9.59 Å². The average Bonchev–Trinajstić information content (AvgIpc) is 3.32. The van der Waals surface area contributed by atoms with E-state index in [4.69, 9.17) is 9.47 Å². The third-order valence-corrected chi connectivity index (χ3v) is 14.7. The van der Waals surface area contributed by atoms with Crippen LogP contribution in [-0.2, 0) is 19.1 Å². The van der Waals surface area contributed by atoms with E-state index in [-0.39, 0.29) is 28.7 Å². The molecule has 0 N–H and O–H groups in total. The number of rotatable bonds is 11. The third-order valence-electron chi connectivity index (χ3n) is 13.3. The molecule has 10 atom stereocenters. The van der Waals surface area contributed by atoms with Crippen molar-refractivity contribution >= 4 is 23.7 Å². The molecule has 0 saturated heterocycles. The fraction of sp³-hybridized carbons (Fsp3) is 0.800. The minimum atomic E-state index is -0.662. The summed E-state index contributed by atoms with van der Waals surface area (Å²) in [7, 11) is 0. The molecule has 0 aliphatic heterocycles. The van der Waals surface area contributed by atoms with E-state index in [9.17, 15) is 9.59 Å². The van der Waals surface area contributed by atoms with Crippen molar-refractivity contribution in [1.29, 1.82) is 0 Å². The zero-order valence-electron chi connectivity index (χ0n) is 29.7. The first-order valence-electron chi connectivity index (χ1n) is 18.4. The van der Waals surface area contributed by atoms with Gasteiger partial charge in [-0.25, -0.2) is 0 Å². The van der Waals surface area contributed by atoms with Crippen molar-refractivity contribution in [3.8, 4) is 0 Å². The summed E-state index contributed by atoms with van der Waals surface area (Å²) in [6, 6.07) is 8.89. The number of fused-ring (bicyclic) bond motifs is 5. The van der Waals surface area contributed by atoms with Crippen molar-refractivity contribution in [2.24, 2.45) is 46.3 Å². The second-order valence-corrected chi connectivity index (χ2v) is 17.8. The number of aryl methyl sites for hydroxylation is 1. The molecule has 4 nitrogen and oxygen atoms in total. The molecule has 0 radical (unpaired) electrons. The fourth-order valence-electron chi connectivity index (χ4n) is 11.2. The predicted octanol–water partition coefficient (Wildman–Crippen LogP) is 10.6. The fourth-order valence-corrected chi connectivity index (χ4v) is 12.7. The van der Waals surface area contributed by atoms with Gasteiger partial charge in [0.1, 0.15) is 11.7 Å². The van der Waals surface area contributed by atoms with Gasteiger partial charge in [-0.05, 0) is 111 Å². The molecule has 0 heterocycles. The van der Waals surface area contributed by atoms with E-state index in [1.54, 1.807) is 0 Å². The number of esters is 2. The van der Waals surface area contributed by atoms with E-state index >= 15 is 0 Å². The number of hydrogen-bond donors (Lipinski definition) is 0. The van der Waals surface area contributed by atoms with Crippen molar-refractivity contribution in [3.63, 3.8) is 0 Å². The molecule has 4 fully saturated rings. The van der Waals surface area contributed by atoms with Crippen LogP contribution in [0.1, 0.15) is 138 Å². The summed E-state index contributed by atoms with van der Waals surface area (Å²) in [5, 5.41) is 0.121. The summed E-state index contributed by atoms with van der Waals surface area (Å²) in [5.41, 5.74) is 0.833. The second kappa shape index (κ2) is 13.9. The zero-order valence-corrected chi connectivity index (χ0v) is 30.5. The van der Waals surface area contributed by atoms with Crippen molar-refractivity contribution < 1.29 is 19.1 Å². The van der Waals surface area contributed by atoms with Gasteiger partial charge in [0.2, 0.25) is 0 Å². The Morgan fingerprint density at radius 2 is 1.76 bits per heavy atom. The Balaban J connectivity index is 1.52. The van der Waals surface area contributed by atoms with Gasteiger partial charge in [0, 0.05) is 30.1 Å². The van der Waals surface area contributed by atoms with Gasteiger partial charge < -0.3 is 9.47 Å². The highest BCUT2D eigenvalue weighted by atomic mass is 32.2. The van der Waals surface area contributed by atoms with E-state index in [0.29, 0.717) is 30.1 Å². The minimum absolute atomic E-state index is 0.0862. The Bertz CT molecular complexity index is 1180. The van der Waals surface area contributed by atoms with Crippen LogP contribution in [0.15, 0.2) is 29.2 Å². The number of thioether (sulfide) groups is 1. The molecule has 5 rings (SSSR count). The van der Waals surface area contributed by atoms with Crippen molar-refractivity contribution in [2.75, 3.05) is 0 Å². The standard InChI is InChI=1S/C40H62O4S/c1-9-11-37(42)44-40-25-30(43-29(6)41)20-23-39(40,8)35-21-22-38(7)33(28(5)13-10-12-26(2)3)18-19-34(38)32(35)24-36(40)45-31-16-14-27(4)15-17-31/h14-17,26,28,30,32-36H,9-13,18-25H2,1-8H3/t28-,30+,32+,33-,34+,35+,36-,38-,39-,40+/m1/s1/i42+2. The second-order valence-electron chi connectivity index (χ2n) is 16.6. The molecule has 5 heteroatoms. The maximum atomic E-state index is 13.6. The van der Waals surface area contributed by atoms with Gasteiger partial charge in [0.25, 0.3) is 0 Å². The van der Waals surface area contributed by atoms with Gasteiger partial charge in [-0.15, -0.1) is 11.8 Å². The molecule has 0 aromatic heterocycles. The molecule has 4 aliphatic carbocycles. The largest absolute Gasteiger partial charge is 0.462 e. The molecule has 252 valence electrons. The van der Waals surface area contributed by atoms with E-state index in [0.717, 1.165) is 49.4 Å². The van der Waals surface area contributed by atoms with Crippen LogP contribution in [0.25, 0.3) is 0 Å². The Kier molecular flexibility index (Phi) is 10.8. The van der Waals surface area contributed by atoms with Gasteiger partial charge in [-0.2, -0.15) is 0 Å². The number of carbonyl (C=O) groups is 2. The lowest BCUT2D eigenvalue weighted by Crippen LogP contribution is -2.69. The molecule has 0 amide bonds. The Morgan fingerprint density at radius 3 is 2.42 bits per heavy atom. The lowest BCUT2D eigenvalue weighted by Gasteiger charge is -2.67. The first kappa shape index (κ1) is 34.8. The van der Waals surface area contributed by atoms with Gasteiger partial charge >= 0.3 is 11.9 Å². The Hall–Kier alpha value is -1.49. The van der Waals surface area contributed by atoms with Crippen molar-refractivity contribution in [1.82, 2.24) is 0 Å². The minimum Gasteiger partial charge on any atom is -0.462 e. The Morgan fingerprint density at radius 1 is 1.02 bits per heavy atom. The Labute approximate surface area is 278 Å². The number of hydrogen-bond acceptors (Lipinski definition) is 5. The van der Waals surface area contributed by atoms with Crippen LogP contribution in [0.3, 0.4) is 0 Å². The number of benzene rings is 1. The SMILES string of the molecule is CCCC(=[18O])O[C@]12C[C@@H](OC(C)=O)CC[C@]1(C)[C@H]1CC[C@]3(C)[C@@H]([C@H](C)CCCC(C)C)CC[C@H]3[C@@H]1C[C@H]2Sc1ccc(C)cc1. The maximum Gasteiger partial charge on any atom is 0.306 e. The summed E-state index contributed by atoms with van der Waals surface area (Å²) in [6.45, 7) is 18.1. The summed E-state index contributed by atoms with van der Waals surface area (Å²) in [5.74, 6) is 3.93. The molecular weight excluding hydrogens is 579 g/mol. The molecule has 45 heavy (non-hydrogen) atoms. The molecular formula is C40H62O4S. The van der Waals surface area contributed by atoms with Crippen LogP contribution in [0.2, 0.25) is 0 Å². The smallest absolute Gasteiger partial charge is 0.306 e. The lowest BCUT2D eigenvalue weighted by atomic mass is 9.42. The highest BCUT2D eigenvalue weighted by Gasteiger charge is 2.70. The van der Waals surface area contributed by atoms with Gasteiger partial charge in [0.15, 0.2) is 0 Å². The number of carbonyl (C=O) groups excluding carboxylic acids is 2. The monoisotopic (exact) mass is 640 g/mol. The summed E-state index contributed by atoms with van der Waals surface area (Å²) < 4.78 is 12.8. The maximum absolute atomic E-state index is 13.6. The zero-order chi connectivity index (χ0) is 32.6. The molecule has 1 aromatic carbocycles. The third kappa shape index (κ3) is 6.77. The molecule has 4 saturated carbocycles. The first-order chi connectivity index (χ1) is 21.3. The van der Waals surface area contributed by atoms with Crippen LogP contribution in [-0.4, -0.2) is 28.9 Å².